The highest BCUT2D eigenvalue weighted by molar-refractivity contribution is 5.92. The van der Waals surface area contributed by atoms with Gasteiger partial charge in [-0.1, -0.05) is 19.8 Å². The number of aromatic nitrogens is 2. The van der Waals surface area contributed by atoms with Gasteiger partial charge in [-0.15, -0.1) is 0 Å². The molecule has 9 heteroatoms. The molecule has 1 saturated heterocycles. The lowest BCUT2D eigenvalue weighted by molar-refractivity contribution is 0.0321. The van der Waals surface area contributed by atoms with Crippen molar-refractivity contribution in [3.63, 3.8) is 0 Å². The van der Waals surface area contributed by atoms with Gasteiger partial charge in [-0.05, 0) is 13.3 Å². The van der Waals surface area contributed by atoms with Gasteiger partial charge in [0.05, 0.1) is 31.4 Å². The number of ether oxygens (including phenoxy) is 3. The summed E-state index contributed by atoms with van der Waals surface area (Å²) in [6, 6.07) is 3.63. The highest BCUT2D eigenvalue weighted by atomic mass is 16.5. The van der Waals surface area contributed by atoms with Crippen LogP contribution in [0.1, 0.15) is 33.1 Å². The van der Waals surface area contributed by atoms with E-state index in [9.17, 15) is 0 Å². The molecule has 0 atom stereocenters. The predicted molar refractivity (Wildman–Crippen MR) is 122 cm³/mol. The minimum atomic E-state index is 0.166. The van der Waals surface area contributed by atoms with E-state index in [1.165, 1.54) is 0 Å². The molecule has 1 aromatic carbocycles. The first kappa shape index (κ1) is 23.0. The van der Waals surface area contributed by atoms with Crippen molar-refractivity contribution in [2.24, 2.45) is 0 Å². The van der Waals surface area contributed by atoms with Crippen molar-refractivity contribution < 1.29 is 14.2 Å². The third-order valence-corrected chi connectivity index (χ3v) is 5.36. The van der Waals surface area contributed by atoms with Crippen molar-refractivity contribution in [2.75, 3.05) is 58.4 Å². The van der Waals surface area contributed by atoms with Crippen molar-refractivity contribution in [1.29, 1.82) is 10.8 Å². The molecule has 170 valence electrons. The first-order valence-corrected chi connectivity index (χ1v) is 11.0. The van der Waals surface area contributed by atoms with E-state index in [1.54, 1.807) is 24.7 Å². The van der Waals surface area contributed by atoms with E-state index in [4.69, 9.17) is 25.0 Å². The Morgan fingerprint density at radius 2 is 2.00 bits per heavy atom. The van der Waals surface area contributed by atoms with E-state index in [-0.39, 0.29) is 11.3 Å². The second-order valence-electron chi connectivity index (χ2n) is 7.66. The molecule has 0 saturated carbocycles. The van der Waals surface area contributed by atoms with Crippen LogP contribution in [0, 0.1) is 10.8 Å². The van der Waals surface area contributed by atoms with Crippen molar-refractivity contribution in [1.82, 2.24) is 14.5 Å². The highest BCUT2D eigenvalue weighted by Gasteiger charge is 2.16. The molecule has 0 aliphatic carbocycles. The summed E-state index contributed by atoms with van der Waals surface area (Å²) in [5.41, 5.74) is 1.47. The molecule has 9 nitrogen and oxygen atoms in total. The molecule has 1 aliphatic rings. The molecule has 2 heterocycles. The van der Waals surface area contributed by atoms with Crippen LogP contribution in [0.5, 0.6) is 11.5 Å². The van der Waals surface area contributed by atoms with Crippen LogP contribution in [0.2, 0.25) is 0 Å². The maximum absolute atomic E-state index is 8.55. The predicted octanol–water partition coefficient (Wildman–Crippen LogP) is 2.68. The summed E-state index contributed by atoms with van der Waals surface area (Å²) >= 11 is 0. The van der Waals surface area contributed by atoms with Gasteiger partial charge in [0.25, 0.3) is 0 Å². The zero-order valence-electron chi connectivity index (χ0n) is 18.8. The third kappa shape index (κ3) is 5.74. The number of benzene rings is 1. The van der Waals surface area contributed by atoms with Gasteiger partial charge >= 0.3 is 0 Å². The maximum Gasteiger partial charge on any atom is 0.174 e. The Morgan fingerprint density at radius 1 is 1.23 bits per heavy atom. The number of hydrogen-bond donors (Lipinski definition) is 3. The molecule has 1 aliphatic heterocycles. The number of rotatable bonds is 10. The molecule has 3 N–H and O–H groups in total. The Morgan fingerprint density at radius 3 is 2.68 bits per heavy atom. The van der Waals surface area contributed by atoms with E-state index in [0.29, 0.717) is 35.0 Å². The fraction of sp³-hybridized carbons (Fsp3) is 0.591. The summed E-state index contributed by atoms with van der Waals surface area (Å²) in [5.74, 6) is 1.89. The third-order valence-electron chi connectivity index (χ3n) is 5.36. The normalized spacial score (nSPS) is 14.5. The Kier molecular flexibility index (Phi) is 8.25. The molecule has 0 bridgehead atoms. The number of methoxy groups -OCH3 is 1. The van der Waals surface area contributed by atoms with Gasteiger partial charge in [-0.3, -0.25) is 20.3 Å². The molecular weight excluding hydrogens is 396 g/mol. The molecular formula is C22H34N6O3. The standard InChI is InChI=1S/C22H34N6O3/c1-4-5-6-7-25-22-21(24)28(16(2)23)18-15-19(29-3)20(14-17(18)26-22)31-13-10-27-8-11-30-12-9-27/h14-15,23-24H,4-13H2,1-3H3,(H,25,26). The number of hydrogen-bond acceptors (Lipinski definition) is 8. The van der Waals surface area contributed by atoms with Crippen molar-refractivity contribution in [2.45, 2.75) is 33.1 Å². The van der Waals surface area contributed by atoms with Crippen LogP contribution < -0.4 is 20.3 Å². The topological polar surface area (TPSA) is 108 Å². The van der Waals surface area contributed by atoms with Crippen LogP contribution in [0.15, 0.2) is 12.1 Å². The average Bonchev–Trinajstić information content (AvgIpc) is 2.77. The van der Waals surface area contributed by atoms with Crippen LogP contribution >= 0.6 is 0 Å². The van der Waals surface area contributed by atoms with Gasteiger partial charge in [0, 0.05) is 38.3 Å². The smallest absolute Gasteiger partial charge is 0.174 e. The van der Waals surface area contributed by atoms with Gasteiger partial charge in [0.1, 0.15) is 12.4 Å². The van der Waals surface area contributed by atoms with Crippen molar-refractivity contribution in [3.05, 3.63) is 17.6 Å². The molecule has 3 rings (SSSR count). The highest BCUT2D eigenvalue weighted by Crippen LogP contribution is 2.31. The fourth-order valence-electron chi connectivity index (χ4n) is 3.64. The summed E-state index contributed by atoms with van der Waals surface area (Å²) in [4.78, 5) is 6.98. The van der Waals surface area contributed by atoms with Gasteiger partial charge < -0.3 is 19.5 Å². The van der Waals surface area contributed by atoms with Crippen LogP contribution in [0.25, 0.3) is 11.0 Å². The van der Waals surface area contributed by atoms with Crippen LogP contribution in [-0.2, 0) is 4.74 Å². The van der Waals surface area contributed by atoms with Gasteiger partial charge in [0.2, 0.25) is 0 Å². The number of morpholine rings is 1. The summed E-state index contributed by atoms with van der Waals surface area (Å²) in [6.07, 6.45) is 3.26. The van der Waals surface area contributed by atoms with Crippen LogP contribution in [0.3, 0.4) is 0 Å². The molecule has 0 radical (unpaired) electrons. The van der Waals surface area contributed by atoms with E-state index >= 15 is 0 Å². The maximum atomic E-state index is 8.55. The average molecular weight is 431 g/mol. The van der Waals surface area contributed by atoms with E-state index in [0.717, 1.165) is 58.7 Å². The molecule has 0 amide bonds. The largest absolute Gasteiger partial charge is 0.493 e. The lowest BCUT2D eigenvalue weighted by atomic mass is 10.2. The Balaban J connectivity index is 1.88. The molecule has 0 spiro atoms. The zero-order chi connectivity index (χ0) is 22.2. The summed E-state index contributed by atoms with van der Waals surface area (Å²) in [6.45, 7) is 9.26. The molecule has 2 aromatic rings. The zero-order valence-corrected chi connectivity index (χ0v) is 18.8. The van der Waals surface area contributed by atoms with E-state index in [2.05, 4.69) is 22.1 Å². The fourth-order valence-corrected chi connectivity index (χ4v) is 3.64. The first-order chi connectivity index (χ1) is 15.0. The number of fused-ring (bicyclic) bond motifs is 1. The molecule has 1 fully saturated rings. The quantitative estimate of drug-likeness (QED) is 0.304. The second-order valence-corrected chi connectivity index (χ2v) is 7.66. The minimum Gasteiger partial charge on any atom is -0.493 e. The number of anilines is 1. The molecule has 31 heavy (non-hydrogen) atoms. The first-order valence-electron chi connectivity index (χ1n) is 11.0. The van der Waals surface area contributed by atoms with Gasteiger partial charge in [-0.2, -0.15) is 0 Å². The lowest BCUT2D eigenvalue weighted by Gasteiger charge is -2.26. The van der Waals surface area contributed by atoms with E-state index < -0.39 is 0 Å². The second kappa shape index (κ2) is 11.1. The van der Waals surface area contributed by atoms with Gasteiger partial charge in [0.15, 0.2) is 22.8 Å². The van der Waals surface area contributed by atoms with Crippen molar-refractivity contribution in [3.8, 4) is 11.5 Å². The Labute approximate surface area is 183 Å². The van der Waals surface area contributed by atoms with Gasteiger partial charge in [-0.25, -0.2) is 4.98 Å². The summed E-state index contributed by atoms with van der Waals surface area (Å²) in [7, 11) is 1.59. The number of nitrogens with one attached hydrogen (secondary N) is 3. The monoisotopic (exact) mass is 430 g/mol. The Bertz CT molecular complexity index is 952. The molecule has 0 unspecified atom stereocenters. The van der Waals surface area contributed by atoms with Crippen LogP contribution in [0.4, 0.5) is 5.82 Å². The number of unbranched alkanes of at least 4 members (excludes halogenated alkanes) is 2. The minimum absolute atomic E-state index is 0.166. The summed E-state index contributed by atoms with van der Waals surface area (Å²) in [5, 5.41) is 20.0. The summed E-state index contributed by atoms with van der Waals surface area (Å²) < 4.78 is 18.6. The van der Waals surface area contributed by atoms with Crippen molar-refractivity contribution >= 4 is 22.7 Å². The van der Waals surface area contributed by atoms with Crippen LogP contribution in [-0.4, -0.2) is 73.4 Å². The SMILES string of the molecule is CCCCCNc1nc2cc(OCCN3CCOCC3)c(OC)cc2n(C(C)=N)c1=N. The number of nitrogens with zero attached hydrogens (tertiary/aromatic N) is 3. The molecule has 1 aromatic heterocycles. The lowest BCUT2D eigenvalue weighted by Crippen LogP contribution is -2.38. The van der Waals surface area contributed by atoms with E-state index in [1.807, 2.05) is 6.07 Å². The Hall–Kier alpha value is -2.65.